The Morgan fingerprint density at radius 3 is 1.63 bits per heavy atom. The molecule has 0 amide bonds. The fourth-order valence-electron chi connectivity index (χ4n) is 10.1. The van der Waals surface area contributed by atoms with Gasteiger partial charge in [0.05, 0.1) is 27.8 Å². The Morgan fingerprint density at radius 1 is 0.308 bits per heavy atom. The van der Waals surface area contributed by atoms with Gasteiger partial charge < -0.3 is 13.6 Å². The van der Waals surface area contributed by atoms with E-state index in [1.165, 1.54) is 21.5 Å². The highest BCUT2D eigenvalue weighted by Crippen LogP contribution is 2.42. The highest BCUT2D eigenvalue weighted by atomic mass is 16.3. The molecule has 0 saturated heterocycles. The van der Waals surface area contributed by atoms with E-state index in [2.05, 4.69) is 209 Å². The molecule has 10 aromatic carbocycles. The maximum Gasteiger partial charge on any atom is 0.166 e. The molecule has 0 aliphatic heterocycles. The first-order chi connectivity index (χ1) is 32.2. The second kappa shape index (κ2) is 13.8. The summed E-state index contributed by atoms with van der Waals surface area (Å²) in [6.07, 6.45) is 0. The van der Waals surface area contributed by atoms with Gasteiger partial charge in [-0.2, -0.15) is 0 Å². The van der Waals surface area contributed by atoms with Gasteiger partial charge in [0.25, 0.3) is 0 Å². The summed E-state index contributed by atoms with van der Waals surface area (Å²) in [4.78, 5) is 16.3. The standard InChI is InChI=1S/C59H35N5O/c1-2-18-42(19-3-1)63-50-23-11-8-20-43(50)46-32-41(28-29-52(46)63)58-60-57(40-27-26-36-14-4-5-15-37(36)30-40)61-59(62-58)49-34-48-45-22-10-13-25-55(45)65-56(48)35-54(49)64-51-24-12-9-21-44(51)47-31-38-16-6-7-17-39(38)33-53(47)64/h1-35H. The van der Waals surface area contributed by atoms with Crippen molar-refractivity contribution in [2.24, 2.45) is 0 Å². The fraction of sp³-hybridized carbons (Fsp3) is 0. The molecule has 14 rings (SSSR count). The van der Waals surface area contributed by atoms with Gasteiger partial charge >= 0.3 is 0 Å². The van der Waals surface area contributed by atoms with Crippen LogP contribution in [0.25, 0.3) is 133 Å². The van der Waals surface area contributed by atoms with Crippen LogP contribution < -0.4 is 0 Å². The lowest BCUT2D eigenvalue weighted by Crippen LogP contribution is -2.04. The quantitative estimate of drug-likeness (QED) is 0.173. The fourth-order valence-corrected chi connectivity index (χ4v) is 10.1. The van der Waals surface area contributed by atoms with Crippen molar-refractivity contribution in [1.29, 1.82) is 0 Å². The van der Waals surface area contributed by atoms with E-state index in [-0.39, 0.29) is 0 Å². The Balaban J connectivity index is 1.08. The zero-order valence-electron chi connectivity index (χ0n) is 34.9. The van der Waals surface area contributed by atoms with Gasteiger partial charge in [0, 0.05) is 60.8 Å². The van der Waals surface area contributed by atoms with Gasteiger partial charge in [-0.15, -0.1) is 0 Å². The number of fused-ring (bicyclic) bond motifs is 11. The largest absolute Gasteiger partial charge is 0.456 e. The van der Waals surface area contributed by atoms with Crippen LogP contribution in [0.4, 0.5) is 0 Å². The minimum absolute atomic E-state index is 0.568. The molecule has 0 fully saturated rings. The van der Waals surface area contributed by atoms with E-state index in [0.29, 0.717) is 17.5 Å². The summed E-state index contributed by atoms with van der Waals surface area (Å²) in [5.74, 6) is 1.76. The second-order valence-electron chi connectivity index (χ2n) is 16.8. The van der Waals surface area contributed by atoms with Crippen LogP contribution in [-0.2, 0) is 0 Å². The normalized spacial score (nSPS) is 12.0. The van der Waals surface area contributed by atoms with Gasteiger partial charge in [-0.1, -0.05) is 133 Å². The molecule has 4 heterocycles. The van der Waals surface area contributed by atoms with Crippen LogP contribution in [0.1, 0.15) is 0 Å². The first-order valence-electron chi connectivity index (χ1n) is 21.9. The molecule has 6 heteroatoms. The third-order valence-corrected chi connectivity index (χ3v) is 13.1. The predicted octanol–water partition coefficient (Wildman–Crippen LogP) is 15.3. The van der Waals surface area contributed by atoms with Crippen molar-refractivity contribution in [3.8, 4) is 45.5 Å². The Labute approximate surface area is 371 Å². The molecule has 4 aromatic heterocycles. The summed E-state index contributed by atoms with van der Waals surface area (Å²) in [7, 11) is 0. The van der Waals surface area contributed by atoms with Crippen molar-refractivity contribution < 1.29 is 4.42 Å². The third kappa shape index (κ3) is 5.51. The minimum Gasteiger partial charge on any atom is -0.456 e. The number of aromatic nitrogens is 5. The molecule has 0 bridgehead atoms. The van der Waals surface area contributed by atoms with Crippen molar-refractivity contribution in [3.05, 3.63) is 212 Å². The van der Waals surface area contributed by atoms with E-state index in [4.69, 9.17) is 19.4 Å². The van der Waals surface area contributed by atoms with Crippen LogP contribution in [0.5, 0.6) is 0 Å². The SMILES string of the molecule is c1ccc(-n2c3ccccc3c3cc(-c4nc(-c5ccc6ccccc6c5)nc(-c5cc6c(cc5-n5c7ccccc7c7cc8ccccc8cc75)oc5ccccc56)n4)ccc32)cc1. The lowest BCUT2D eigenvalue weighted by molar-refractivity contribution is 0.668. The monoisotopic (exact) mass is 829 g/mol. The van der Waals surface area contributed by atoms with Gasteiger partial charge in [0.1, 0.15) is 11.2 Å². The number of hydrogen-bond acceptors (Lipinski definition) is 4. The zero-order chi connectivity index (χ0) is 42.6. The topological polar surface area (TPSA) is 61.7 Å². The van der Waals surface area contributed by atoms with E-state index in [0.717, 1.165) is 93.6 Å². The average Bonchev–Trinajstić information content (AvgIpc) is 4.02. The lowest BCUT2D eigenvalue weighted by Gasteiger charge is -2.15. The van der Waals surface area contributed by atoms with Crippen LogP contribution >= 0.6 is 0 Å². The molecule has 0 unspecified atom stereocenters. The lowest BCUT2D eigenvalue weighted by atomic mass is 10.0. The van der Waals surface area contributed by atoms with Crippen LogP contribution in [0, 0.1) is 0 Å². The van der Waals surface area contributed by atoms with Crippen molar-refractivity contribution >= 4 is 87.1 Å². The van der Waals surface area contributed by atoms with E-state index in [1.54, 1.807) is 0 Å². The molecule has 0 atom stereocenters. The Morgan fingerprint density at radius 2 is 0.862 bits per heavy atom. The van der Waals surface area contributed by atoms with Crippen LogP contribution in [0.2, 0.25) is 0 Å². The van der Waals surface area contributed by atoms with E-state index in [9.17, 15) is 0 Å². The molecule has 0 aliphatic carbocycles. The Bertz CT molecular complexity index is 4250. The van der Waals surface area contributed by atoms with Crippen molar-refractivity contribution in [2.75, 3.05) is 0 Å². The molecule has 0 radical (unpaired) electrons. The Hall–Kier alpha value is -8.87. The molecule has 0 aliphatic rings. The molecular formula is C59H35N5O. The maximum absolute atomic E-state index is 6.64. The molecule has 0 spiro atoms. The van der Waals surface area contributed by atoms with Gasteiger partial charge in [-0.25, -0.2) is 15.0 Å². The van der Waals surface area contributed by atoms with Crippen molar-refractivity contribution in [1.82, 2.24) is 24.1 Å². The molecule has 302 valence electrons. The summed E-state index contributed by atoms with van der Waals surface area (Å²) in [6.45, 7) is 0. The molecule has 6 nitrogen and oxygen atoms in total. The number of rotatable bonds is 5. The summed E-state index contributed by atoms with van der Waals surface area (Å²) in [5, 5.41) is 11.3. The maximum atomic E-state index is 6.64. The minimum atomic E-state index is 0.568. The van der Waals surface area contributed by atoms with E-state index in [1.807, 2.05) is 12.1 Å². The van der Waals surface area contributed by atoms with E-state index < -0.39 is 0 Å². The van der Waals surface area contributed by atoms with Crippen LogP contribution in [-0.4, -0.2) is 24.1 Å². The second-order valence-corrected chi connectivity index (χ2v) is 16.8. The van der Waals surface area contributed by atoms with Crippen molar-refractivity contribution in [2.45, 2.75) is 0 Å². The summed E-state index contributed by atoms with van der Waals surface area (Å²) < 4.78 is 11.3. The summed E-state index contributed by atoms with van der Waals surface area (Å²) >= 11 is 0. The number of benzene rings is 10. The van der Waals surface area contributed by atoms with Gasteiger partial charge in [-0.3, -0.25) is 0 Å². The molecule has 0 saturated carbocycles. The smallest absolute Gasteiger partial charge is 0.166 e. The third-order valence-electron chi connectivity index (χ3n) is 13.1. The highest BCUT2D eigenvalue weighted by Gasteiger charge is 2.23. The average molecular weight is 830 g/mol. The van der Waals surface area contributed by atoms with Crippen LogP contribution in [0.15, 0.2) is 217 Å². The number of para-hydroxylation sites is 4. The zero-order valence-corrected chi connectivity index (χ0v) is 34.9. The summed E-state index contributed by atoms with van der Waals surface area (Å²) in [5.41, 5.74) is 10.8. The first kappa shape index (κ1) is 35.7. The van der Waals surface area contributed by atoms with Gasteiger partial charge in [-0.05, 0) is 94.3 Å². The molecule has 65 heavy (non-hydrogen) atoms. The van der Waals surface area contributed by atoms with Crippen LogP contribution in [0.3, 0.4) is 0 Å². The predicted molar refractivity (Wildman–Crippen MR) is 267 cm³/mol. The van der Waals surface area contributed by atoms with Gasteiger partial charge in [0.2, 0.25) is 0 Å². The van der Waals surface area contributed by atoms with Gasteiger partial charge in [0.15, 0.2) is 17.5 Å². The Kier molecular flexibility index (Phi) is 7.59. The highest BCUT2D eigenvalue weighted by molar-refractivity contribution is 6.15. The molecule has 14 aromatic rings. The first-order valence-corrected chi connectivity index (χ1v) is 21.9. The van der Waals surface area contributed by atoms with Crippen molar-refractivity contribution in [3.63, 3.8) is 0 Å². The number of hydrogen-bond donors (Lipinski definition) is 0. The number of furan rings is 1. The summed E-state index contributed by atoms with van der Waals surface area (Å²) in [6, 6.07) is 75.1. The molecular weight excluding hydrogens is 795 g/mol. The molecule has 0 N–H and O–H groups in total. The number of nitrogens with zero attached hydrogens (tertiary/aromatic N) is 5. The van der Waals surface area contributed by atoms with E-state index >= 15 is 0 Å².